The topological polar surface area (TPSA) is 24.9 Å². The molecule has 1 aromatic heterocycles. The van der Waals surface area contributed by atoms with E-state index in [4.69, 9.17) is 0 Å². The number of nitrogens with zero attached hydrogens (tertiary/aromatic N) is 1. The molecule has 0 aliphatic rings. The molecule has 19 heavy (non-hydrogen) atoms. The van der Waals surface area contributed by atoms with Crippen LogP contribution in [0.15, 0.2) is 60.7 Å². The molecule has 0 aliphatic carbocycles. The third-order valence-corrected chi connectivity index (χ3v) is 3.24. The van der Waals surface area contributed by atoms with Gasteiger partial charge in [-0.05, 0) is 30.2 Å². The molecule has 3 rings (SSSR count). The Hall–Kier alpha value is -2.35. The van der Waals surface area contributed by atoms with Crippen LogP contribution in [0.3, 0.4) is 0 Å². The van der Waals surface area contributed by atoms with Crippen molar-refractivity contribution < 1.29 is 0 Å². The van der Waals surface area contributed by atoms with Crippen molar-refractivity contribution in [3.8, 4) is 0 Å². The maximum absolute atomic E-state index is 4.64. The highest BCUT2D eigenvalue weighted by atomic mass is 15.0. The van der Waals surface area contributed by atoms with Crippen LogP contribution in [0.1, 0.15) is 11.1 Å². The van der Waals surface area contributed by atoms with Gasteiger partial charge in [0.15, 0.2) is 0 Å². The minimum absolute atomic E-state index is 0.797. The second kappa shape index (κ2) is 5.11. The Bertz CT molecular complexity index is 690. The standard InChI is InChI=1S/C17H16N2/c1-13-11-17(18-12-14-7-3-2-4-8-14)19-16-10-6-5-9-15(13)16/h2-11H,12H2,1H3,(H,18,19). The Morgan fingerprint density at radius 3 is 2.53 bits per heavy atom. The SMILES string of the molecule is Cc1cc(NCc2ccccc2)nc2ccccc12. The zero-order valence-corrected chi connectivity index (χ0v) is 10.9. The van der Waals surface area contributed by atoms with Crippen molar-refractivity contribution in [2.24, 2.45) is 0 Å². The van der Waals surface area contributed by atoms with Gasteiger partial charge in [0.05, 0.1) is 5.52 Å². The number of nitrogens with one attached hydrogen (secondary N) is 1. The minimum atomic E-state index is 0.797. The summed E-state index contributed by atoms with van der Waals surface area (Å²) in [4.78, 5) is 4.64. The molecule has 3 aromatic rings. The Balaban J connectivity index is 1.85. The normalized spacial score (nSPS) is 10.6. The molecule has 94 valence electrons. The van der Waals surface area contributed by atoms with Crippen molar-refractivity contribution in [2.75, 3.05) is 5.32 Å². The van der Waals surface area contributed by atoms with Crippen LogP contribution >= 0.6 is 0 Å². The minimum Gasteiger partial charge on any atom is -0.366 e. The third-order valence-electron chi connectivity index (χ3n) is 3.24. The van der Waals surface area contributed by atoms with Crippen LogP contribution in [0, 0.1) is 6.92 Å². The lowest BCUT2D eigenvalue weighted by Crippen LogP contribution is -2.01. The van der Waals surface area contributed by atoms with Crippen molar-refractivity contribution in [2.45, 2.75) is 13.5 Å². The Morgan fingerprint density at radius 1 is 0.947 bits per heavy atom. The number of hydrogen-bond acceptors (Lipinski definition) is 2. The zero-order valence-electron chi connectivity index (χ0n) is 10.9. The Morgan fingerprint density at radius 2 is 1.68 bits per heavy atom. The zero-order chi connectivity index (χ0) is 13.1. The van der Waals surface area contributed by atoms with Gasteiger partial charge in [0.2, 0.25) is 0 Å². The Kier molecular flexibility index (Phi) is 3.15. The monoisotopic (exact) mass is 248 g/mol. The summed E-state index contributed by atoms with van der Waals surface area (Å²) in [7, 11) is 0. The van der Waals surface area contributed by atoms with Gasteiger partial charge < -0.3 is 5.32 Å². The van der Waals surface area contributed by atoms with Gasteiger partial charge in [-0.1, -0.05) is 48.5 Å². The number of pyridine rings is 1. The van der Waals surface area contributed by atoms with E-state index in [-0.39, 0.29) is 0 Å². The summed E-state index contributed by atoms with van der Waals surface area (Å²) < 4.78 is 0. The van der Waals surface area contributed by atoms with Gasteiger partial charge in [-0.25, -0.2) is 4.98 Å². The van der Waals surface area contributed by atoms with Crippen molar-refractivity contribution in [1.82, 2.24) is 4.98 Å². The van der Waals surface area contributed by atoms with Crippen LogP contribution in [0.2, 0.25) is 0 Å². The molecular weight excluding hydrogens is 232 g/mol. The van der Waals surface area contributed by atoms with Gasteiger partial charge in [0.1, 0.15) is 5.82 Å². The van der Waals surface area contributed by atoms with Crippen LogP contribution in [0.25, 0.3) is 10.9 Å². The lowest BCUT2D eigenvalue weighted by Gasteiger charge is -2.09. The first-order valence-corrected chi connectivity index (χ1v) is 6.47. The molecule has 2 heteroatoms. The van der Waals surface area contributed by atoms with E-state index in [0.29, 0.717) is 0 Å². The fourth-order valence-electron chi connectivity index (χ4n) is 2.23. The van der Waals surface area contributed by atoms with Crippen LogP contribution in [0.4, 0.5) is 5.82 Å². The predicted octanol–water partition coefficient (Wildman–Crippen LogP) is 4.16. The number of aryl methyl sites for hydroxylation is 1. The van der Waals surface area contributed by atoms with Gasteiger partial charge >= 0.3 is 0 Å². The fourth-order valence-corrected chi connectivity index (χ4v) is 2.23. The molecule has 0 saturated carbocycles. The molecule has 0 radical (unpaired) electrons. The smallest absolute Gasteiger partial charge is 0.127 e. The van der Waals surface area contributed by atoms with Crippen LogP contribution < -0.4 is 5.32 Å². The number of fused-ring (bicyclic) bond motifs is 1. The molecule has 2 nitrogen and oxygen atoms in total. The van der Waals surface area contributed by atoms with E-state index in [1.807, 2.05) is 18.2 Å². The van der Waals surface area contributed by atoms with Crippen LogP contribution in [-0.2, 0) is 6.54 Å². The Labute approximate surface area is 113 Å². The number of hydrogen-bond donors (Lipinski definition) is 1. The van der Waals surface area contributed by atoms with Gasteiger partial charge in [-0.2, -0.15) is 0 Å². The number of rotatable bonds is 3. The molecule has 2 aromatic carbocycles. The molecular formula is C17H16N2. The summed E-state index contributed by atoms with van der Waals surface area (Å²) in [6.07, 6.45) is 0. The molecule has 0 saturated heterocycles. The number of para-hydroxylation sites is 1. The highest BCUT2D eigenvalue weighted by Gasteiger charge is 2.01. The largest absolute Gasteiger partial charge is 0.366 e. The van der Waals surface area contributed by atoms with E-state index in [9.17, 15) is 0 Å². The van der Waals surface area contributed by atoms with Gasteiger partial charge in [0, 0.05) is 11.9 Å². The summed E-state index contributed by atoms with van der Waals surface area (Å²) in [5.74, 6) is 0.931. The van der Waals surface area contributed by atoms with E-state index in [0.717, 1.165) is 17.9 Å². The van der Waals surface area contributed by atoms with E-state index in [1.165, 1.54) is 16.5 Å². The summed E-state index contributed by atoms with van der Waals surface area (Å²) in [5, 5.41) is 4.60. The summed E-state index contributed by atoms with van der Waals surface area (Å²) in [6.45, 7) is 2.92. The fraction of sp³-hybridized carbons (Fsp3) is 0.118. The van der Waals surface area contributed by atoms with E-state index in [1.54, 1.807) is 0 Å². The molecule has 0 amide bonds. The first-order chi connectivity index (χ1) is 9.33. The molecule has 1 N–H and O–H groups in total. The van der Waals surface area contributed by atoms with E-state index in [2.05, 4.69) is 59.7 Å². The van der Waals surface area contributed by atoms with Crippen molar-refractivity contribution in [1.29, 1.82) is 0 Å². The third kappa shape index (κ3) is 2.58. The highest BCUT2D eigenvalue weighted by Crippen LogP contribution is 2.20. The summed E-state index contributed by atoms with van der Waals surface area (Å²) in [6, 6.07) is 20.7. The maximum atomic E-state index is 4.64. The van der Waals surface area contributed by atoms with Gasteiger partial charge in [-0.15, -0.1) is 0 Å². The lowest BCUT2D eigenvalue weighted by molar-refractivity contribution is 1.12. The first kappa shape index (κ1) is 11.7. The molecule has 0 bridgehead atoms. The second-order valence-electron chi connectivity index (χ2n) is 4.68. The van der Waals surface area contributed by atoms with Crippen molar-refractivity contribution in [3.63, 3.8) is 0 Å². The number of anilines is 1. The molecule has 0 fully saturated rings. The maximum Gasteiger partial charge on any atom is 0.127 e. The number of benzene rings is 2. The lowest BCUT2D eigenvalue weighted by atomic mass is 10.1. The van der Waals surface area contributed by atoms with Gasteiger partial charge in [-0.3, -0.25) is 0 Å². The molecule has 1 heterocycles. The van der Waals surface area contributed by atoms with E-state index >= 15 is 0 Å². The molecule has 0 aliphatic heterocycles. The molecule has 0 atom stereocenters. The molecule has 0 unspecified atom stereocenters. The quantitative estimate of drug-likeness (QED) is 0.753. The van der Waals surface area contributed by atoms with Crippen molar-refractivity contribution >= 4 is 16.7 Å². The summed E-state index contributed by atoms with van der Waals surface area (Å²) in [5.41, 5.74) is 3.55. The number of aromatic nitrogens is 1. The summed E-state index contributed by atoms with van der Waals surface area (Å²) >= 11 is 0. The average Bonchev–Trinajstić information content (AvgIpc) is 2.46. The van der Waals surface area contributed by atoms with Crippen molar-refractivity contribution in [3.05, 3.63) is 71.8 Å². The van der Waals surface area contributed by atoms with Crippen LogP contribution in [-0.4, -0.2) is 4.98 Å². The van der Waals surface area contributed by atoms with Gasteiger partial charge in [0.25, 0.3) is 0 Å². The highest BCUT2D eigenvalue weighted by molar-refractivity contribution is 5.83. The van der Waals surface area contributed by atoms with Crippen LogP contribution in [0.5, 0.6) is 0 Å². The predicted molar refractivity (Wildman–Crippen MR) is 80.2 cm³/mol. The average molecular weight is 248 g/mol. The second-order valence-corrected chi connectivity index (χ2v) is 4.68. The first-order valence-electron chi connectivity index (χ1n) is 6.47. The van der Waals surface area contributed by atoms with E-state index < -0.39 is 0 Å². The molecule has 0 spiro atoms.